The lowest BCUT2D eigenvalue weighted by Gasteiger charge is -2.23. The third-order valence-electron chi connectivity index (χ3n) is 4.05. The van der Waals surface area contributed by atoms with Gasteiger partial charge >= 0.3 is 6.09 Å². The zero-order valence-corrected chi connectivity index (χ0v) is 16.7. The summed E-state index contributed by atoms with van der Waals surface area (Å²) in [4.78, 5) is 24.7. The third kappa shape index (κ3) is 7.18. The van der Waals surface area contributed by atoms with Gasteiger partial charge in [-0.1, -0.05) is 32.0 Å². The Hall–Kier alpha value is -3.53. The Bertz CT molecular complexity index is 845. The lowest BCUT2D eigenvalue weighted by Crippen LogP contribution is -2.53. The van der Waals surface area contributed by atoms with Crippen molar-refractivity contribution >= 4 is 12.0 Å². The Kier molecular flexibility index (Phi) is 8.04. The molecule has 0 saturated heterocycles. The molecular formula is C22H25N3O4. The summed E-state index contributed by atoms with van der Waals surface area (Å²) in [6.07, 6.45) is -0.688. The van der Waals surface area contributed by atoms with E-state index in [2.05, 4.69) is 10.6 Å². The van der Waals surface area contributed by atoms with Crippen LogP contribution < -0.4 is 20.1 Å². The highest BCUT2D eigenvalue weighted by Gasteiger charge is 2.26. The summed E-state index contributed by atoms with van der Waals surface area (Å²) in [5.41, 5.74) is 0.548. The van der Waals surface area contributed by atoms with Gasteiger partial charge in [0, 0.05) is 0 Å². The quantitative estimate of drug-likeness (QED) is 0.715. The molecule has 2 rings (SSSR count). The van der Waals surface area contributed by atoms with Crippen LogP contribution in [0.1, 0.15) is 26.3 Å². The van der Waals surface area contributed by atoms with Crippen molar-refractivity contribution < 1.29 is 19.1 Å². The number of nitrogens with one attached hydrogen (secondary N) is 2. The molecule has 0 radical (unpaired) electrons. The average molecular weight is 395 g/mol. The van der Waals surface area contributed by atoms with E-state index in [4.69, 9.17) is 14.7 Å². The summed E-state index contributed by atoms with van der Waals surface area (Å²) in [5, 5.41) is 14.3. The maximum absolute atomic E-state index is 12.6. The van der Waals surface area contributed by atoms with Crippen LogP contribution in [0.4, 0.5) is 4.79 Å². The predicted octanol–water partition coefficient (Wildman–Crippen LogP) is 3.25. The number of benzene rings is 2. The standard InChI is InChI=1S/C22H25N3O4/c1-15(2)20(25-22(27)29-19-7-5-4-6-8-19)21(26)24-16(3)14-28-18-11-9-17(13-23)10-12-18/h4-12,15-16,20H,14H2,1-3H3,(H,24,26)(H,25,27)/t16?,20-/m0/s1. The van der Waals surface area contributed by atoms with E-state index in [1.807, 2.05) is 26.0 Å². The van der Waals surface area contributed by atoms with Crippen LogP contribution in [-0.2, 0) is 4.79 Å². The van der Waals surface area contributed by atoms with Gasteiger partial charge in [0.05, 0.1) is 17.7 Å². The zero-order chi connectivity index (χ0) is 21.2. The van der Waals surface area contributed by atoms with Crippen molar-refractivity contribution in [3.63, 3.8) is 0 Å². The first-order valence-electron chi connectivity index (χ1n) is 9.35. The van der Waals surface area contributed by atoms with Crippen LogP contribution in [0.25, 0.3) is 0 Å². The second-order valence-electron chi connectivity index (χ2n) is 6.93. The Balaban J connectivity index is 1.85. The van der Waals surface area contributed by atoms with Crippen molar-refractivity contribution in [2.75, 3.05) is 6.61 Å². The SMILES string of the molecule is CC(COc1ccc(C#N)cc1)NC(=O)[C@@H](NC(=O)Oc1ccccc1)C(C)C. The summed E-state index contributed by atoms with van der Waals surface area (Å²) < 4.78 is 10.8. The molecule has 0 aromatic heterocycles. The lowest BCUT2D eigenvalue weighted by molar-refractivity contribution is -0.124. The molecule has 0 heterocycles. The van der Waals surface area contributed by atoms with Crippen LogP contribution in [-0.4, -0.2) is 30.7 Å². The smallest absolute Gasteiger partial charge is 0.413 e. The maximum atomic E-state index is 12.6. The molecule has 29 heavy (non-hydrogen) atoms. The van der Waals surface area contributed by atoms with Crippen molar-refractivity contribution in [2.24, 2.45) is 5.92 Å². The number of hydrogen-bond acceptors (Lipinski definition) is 5. The molecular weight excluding hydrogens is 370 g/mol. The van der Waals surface area contributed by atoms with Crippen LogP contribution >= 0.6 is 0 Å². The molecule has 2 aromatic rings. The molecule has 2 aromatic carbocycles. The van der Waals surface area contributed by atoms with Gasteiger partial charge in [0.2, 0.25) is 5.91 Å². The van der Waals surface area contributed by atoms with Gasteiger partial charge in [0.1, 0.15) is 24.1 Å². The van der Waals surface area contributed by atoms with E-state index < -0.39 is 12.1 Å². The summed E-state index contributed by atoms with van der Waals surface area (Å²) in [7, 11) is 0. The van der Waals surface area contributed by atoms with Crippen molar-refractivity contribution in [2.45, 2.75) is 32.9 Å². The van der Waals surface area contributed by atoms with E-state index in [0.29, 0.717) is 17.1 Å². The van der Waals surface area contributed by atoms with Crippen LogP contribution in [0.2, 0.25) is 0 Å². The molecule has 0 fully saturated rings. The molecule has 2 N–H and O–H groups in total. The normalized spacial score (nSPS) is 12.4. The number of hydrogen-bond donors (Lipinski definition) is 2. The van der Waals surface area contributed by atoms with E-state index >= 15 is 0 Å². The third-order valence-corrected chi connectivity index (χ3v) is 4.05. The number of para-hydroxylation sites is 1. The average Bonchev–Trinajstić information content (AvgIpc) is 2.71. The lowest BCUT2D eigenvalue weighted by atomic mass is 10.0. The molecule has 0 bridgehead atoms. The second-order valence-corrected chi connectivity index (χ2v) is 6.93. The first-order chi connectivity index (χ1) is 13.9. The molecule has 7 nitrogen and oxygen atoms in total. The van der Waals surface area contributed by atoms with Gasteiger partial charge < -0.3 is 20.1 Å². The van der Waals surface area contributed by atoms with Gasteiger partial charge in [-0.05, 0) is 49.2 Å². The molecule has 0 spiro atoms. The van der Waals surface area contributed by atoms with Gasteiger partial charge in [0.15, 0.2) is 0 Å². The number of rotatable bonds is 8. The largest absolute Gasteiger partial charge is 0.491 e. The molecule has 152 valence electrons. The maximum Gasteiger partial charge on any atom is 0.413 e. The molecule has 0 aliphatic carbocycles. The minimum absolute atomic E-state index is 0.134. The molecule has 2 amide bonds. The number of ether oxygens (including phenoxy) is 2. The number of nitrogens with zero attached hydrogens (tertiary/aromatic N) is 1. The minimum Gasteiger partial charge on any atom is -0.491 e. The Morgan fingerprint density at radius 3 is 2.21 bits per heavy atom. The first kappa shape index (κ1) is 21.8. The van der Waals surface area contributed by atoms with Gasteiger partial charge in [-0.25, -0.2) is 4.79 Å². The van der Waals surface area contributed by atoms with Gasteiger partial charge in [-0.2, -0.15) is 5.26 Å². The molecule has 7 heteroatoms. The first-order valence-corrected chi connectivity index (χ1v) is 9.35. The van der Waals surface area contributed by atoms with Gasteiger partial charge in [-0.3, -0.25) is 4.79 Å². The van der Waals surface area contributed by atoms with Crippen molar-refractivity contribution in [1.29, 1.82) is 5.26 Å². The molecule has 0 aliphatic heterocycles. The van der Waals surface area contributed by atoms with Crippen LogP contribution in [0.3, 0.4) is 0 Å². The predicted molar refractivity (Wildman–Crippen MR) is 108 cm³/mol. The molecule has 2 atom stereocenters. The fourth-order valence-electron chi connectivity index (χ4n) is 2.51. The van der Waals surface area contributed by atoms with Crippen molar-refractivity contribution in [1.82, 2.24) is 10.6 Å². The highest BCUT2D eigenvalue weighted by atomic mass is 16.6. The topological polar surface area (TPSA) is 100 Å². The van der Waals surface area contributed by atoms with Crippen LogP contribution in [0.5, 0.6) is 11.5 Å². The highest BCUT2D eigenvalue weighted by Crippen LogP contribution is 2.12. The van der Waals surface area contributed by atoms with E-state index in [9.17, 15) is 9.59 Å². The molecule has 0 saturated carbocycles. The second kappa shape index (κ2) is 10.7. The molecule has 1 unspecified atom stereocenters. The summed E-state index contributed by atoms with van der Waals surface area (Å²) >= 11 is 0. The Morgan fingerprint density at radius 2 is 1.62 bits per heavy atom. The van der Waals surface area contributed by atoms with E-state index in [-0.39, 0.29) is 24.5 Å². The van der Waals surface area contributed by atoms with Gasteiger partial charge in [-0.15, -0.1) is 0 Å². The number of carbonyl (C=O) groups is 2. The minimum atomic E-state index is -0.747. The van der Waals surface area contributed by atoms with E-state index in [0.717, 1.165) is 0 Å². The summed E-state index contributed by atoms with van der Waals surface area (Å²) in [5.74, 6) is 0.554. The van der Waals surface area contributed by atoms with E-state index in [1.165, 1.54) is 0 Å². The van der Waals surface area contributed by atoms with Crippen LogP contribution in [0.15, 0.2) is 54.6 Å². The Labute approximate surface area is 170 Å². The summed E-state index contributed by atoms with van der Waals surface area (Å²) in [6.45, 7) is 5.73. The number of nitriles is 1. The van der Waals surface area contributed by atoms with Crippen molar-refractivity contribution in [3.05, 3.63) is 60.2 Å². The highest BCUT2D eigenvalue weighted by molar-refractivity contribution is 5.86. The monoisotopic (exact) mass is 395 g/mol. The fourth-order valence-corrected chi connectivity index (χ4v) is 2.51. The van der Waals surface area contributed by atoms with Crippen LogP contribution in [0, 0.1) is 17.2 Å². The fraction of sp³-hybridized carbons (Fsp3) is 0.318. The molecule has 0 aliphatic rings. The Morgan fingerprint density at radius 1 is 0.966 bits per heavy atom. The number of carbonyl (C=O) groups excluding carboxylic acids is 2. The zero-order valence-electron chi connectivity index (χ0n) is 16.7. The number of amides is 2. The van der Waals surface area contributed by atoms with E-state index in [1.54, 1.807) is 55.5 Å². The van der Waals surface area contributed by atoms with Gasteiger partial charge in [0.25, 0.3) is 0 Å². The summed E-state index contributed by atoms with van der Waals surface area (Å²) in [6, 6.07) is 16.4. The van der Waals surface area contributed by atoms with Crippen molar-refractivity contribution in [3.8, 4) is 17.6 Å².